The average Bonchev–Trinajstić information content (AvgIpc) is 4.25. The normalized spacial score (nSPS) is 15.3. The standard InChI is InChI=1S/C70H51NO3/c1-38-17-16-18-39(33-38)49-37-54-59(61-47-21-10-14-25-56(47)73-66(49)61)45-30-27-41(35-52(45)68(54,2)3)71(40-29-32-58-50(34-40)43-19-9-13-24-55(43)72-58)42-28-31-46-53(36-42)70(6,7)65-63(46)67-62(48-22-11-15-26-57(48)74-67)60-44-20-8-12-23-51(44)69(4,5)64(60)65/h8-37H,1-7H3. The molecule has 0 aliphatic heterocycles. The minimum absolute atomic E-state index is 0.233. The predicted octanol–water partition coefficient (Wildman–Crippen LogP) is 19.7. The molecule has 0 saturated heterocycles. The van der Waals surface area contributed by atoms with Gasteiger partial charge in [0.1, 0.15) is 33.5 Å². The summed E-state index contributed by atoms with van der Waals surface area (Å²) in [5.41, 5.74) is 26.9. The Kier molecular flexibility index (Phi) is 8.01. The van der Waals surface area contributed by atoms with Gasteiger partial charge in [0.05, 0.1) is 0 Å². The van der Waals surface area contributed by atoms with E-state index in [1.54, 1.807) is 0 Å². The Morgan fingerprint density at radius 2 is 0.865 bits per heavy atom. The van der Waals surface area contributed by atoms with Gasteiger partial charge in [-0.2, -0.15) is 0 Å². The highest BCUT2D eigenvalue weighted by atomic mass is 16.3. The van der Waals surface area contributed by atoms with Crippen molar-refractivity contribution in [2.24, 2.45) is 0 Å². The van der Waals surface area contributed by atoms with Gasteiger partial charge in [-0.15, -0.1) is 0 Å². The summed E-state index contributed by atoms with van der Waals surface area (Å²) in [4.78, 5) is 2.47. The largest absolute Gasteiger partial charge is 0.456 e. The number of fused-ring (bicyclic) bond motifs is 22. The van der Waals surface area contributed by atoms with Crippen LogP contribution in [0, 0.1) is 6.92 Å². The van der Waals surface area contributed by atoms with Crippen molar-refractivity contribution >= 4 is 82.9 Å². The molecule has 0 radical (unpaired) electrons. The highest BCUT2D eigenvalue weighted by molar-refractivity contribution is 6.22. The van der Waals surface area contributed by atoms with Crippen molar-refractivity contribution in [3.63, 3.8) is 0 Å². The fourth-order valence-electron chi connectivity index (χ4n) is 14.2. The minimum Gasteiger partial charge on any atom is -0.456 e. The quantitative estimate of drug-likeness (QED) is 0.176. The highest BCUT2D eigenvalue weighted by Gasteiger charge is 2.49. The van der Waals surface area contributed by atoms with Crippen molar-refractivity contribution in [1.82, 2.24) is 0 Å². The van der Waals surface area contributed by atoms with Crippen LogP contribution in [-0.2, 0) is 16.2 Å². The Balaban J connectivity index is 0.936. The van der Waals surface area contributed by atoms with E-state index < -0.39 is 0 Å². The number of aryl methyl sites for hydroxylation is 1. The first-order valence-electron chi connectivity index (χ1n) is 26.1. The molecule has 10 aromatic carbocycles. The molecule has 16 rings (SSSR count). The summed E-state index contributed by atoms with van der Waals surface area (Å²) in [6.07, 6.45) is 0. The molecule has 3 aromatic heterocycles. The van der Waals surface area contributed by atoms with E-state index in [4.69, 9.17) is 13.3 Å². The number of nitrogens with zero attached hydrogens (tertiary/aromatic N) is 1. The van der Waals surface area contributed by atoms with Gasteiger partial charge in [-0.05, 0) is 140 Å². The Bertz CT molecular complexity index is 4660. The van der Waals surface area contributed by atoms with Crippen LogP contribution in [0.5, 0.6) is 0 Å². The molecule has 74 heavy (non-hydrogen) atoms. The molecule has 3 aliphatic carbocycles. The SMILES string of the molecule is Cc1cccc(-c2cc3c(c4c2oc2ccccc24)-c2ccc(N(c4ccc5c(c4)C(C)(C)c4c6c(c7c(oc8ccccc87)c4-5)-c4ccccc4C6(C)C)c4ccc5oc6ccccc6c5c4)cc2C3(C)C)c1. The summed E-state index contributed by atoms with van der Waals surface area (Å²) < 4.78 is 20.4. The van der Waals surface area contributed by atoms with Crippen LogP contribution in [0.3, 0.4) is 0 Å². The molecule has 3 heterocycles. The summed E-state index contributed by atoms with van der Waals surface area (Å²) in [5.74, 6) is 0. The molecule has 0 fully saturated rings. The molecule has 0 unspecified atom stereocenters. The van der Waals surface area contributed by atoms with Crippen LogP contribution in [-0.4, -0.2) is 0 Å². The number of para-hydroxylation sites is 3. The lowest BCUT2D eigenvalue weighted by atomic mass is 9.72. The number of anilines is 3. The van der Waals surface area contributed by atoms with E-state index in [2.05, 4.69) is 229 Å². The Morgan fingerprint density at radius 1 is 0.338 bits per heavy atom. The van der Waals surface area contributed by atoms with E-state index in [9.17, 15) is 0 Å². The van der Waals surface area contributed by atoms with E-state index in [1.807, 2.05) is 6.07 Å². The number of hydrogen-bond donors (Lipinski definition) is 0. The third-order valence-corrected chi connectivity index (χ3v) is 17.6. The molecule has 4 nitrogen and oxygen atoms in total. The van der Waals surface area contributed by atoms with E-state index in [0.29, 0.717) is 0 Å². The molecular weight excluding hydrogens is 903 g/mol. The number of hydrogen-bond acceptors (Lipinski definition) is 4. The molecular formula is C70H51NO3. The van der Waals surface area contributed by atoms with E-state index >= 15 is 0 Å². The van der Waals surface area contributed by atoms with Gasteiger partial charge < -0.3 is 18.2 Å². The fourth-order valence-corrected chi connectivity index (χ4v) is 14.2. The second-order valence-corrected chi connectivity index (χ2v) is 22.8. The second kappa shape index (κ2) is 14.1. The maximum atomic E-state index is 7.09. The molecule has 354 valence electrons. The van der Waals surface area contributed by atoms with Crippen LogP contribution in [0.25, 0.3) is 110 Å². The molecule has 0 spiro atoms. The van der Waals surface area contributed by atoms with E-state index in [1.165, 1.54) is 94.0 Å². The summed E-state index contributed by atoms with van der Waals surface area (Å²) in [6.45, 7) is 16.7. The molecule has 3 aliphatic rings. The third kappa shape index (κ3) is 5.27. The fraction of sp³-hybridized carbons (Fsp3) is 0.143. The molecule has 0 amide bonds. The summed E-state index contributed by atoms with van der Waals surface area (Å²) in [6, 6.07) is 66.9. The maximum Gasteiger partial charge on any atom is 0.144 e. The number of furan rings is 3. The first kappa shape index (κ1) is 42.0. The maximum absolute atomic E-state index is 7.09. The Morgan fingerprint density at radius 3 is 1.58 bits per heavy atom. The molecule has 4 heteroatoms. The van der Waals surface area contributed by atoms with Crippen molar-refractivity contribution in [1.29, 1.82) is 0 Å². The molecule has 0 N–H and O–H groups in total. The number of rotatable bonds is 4. The van der Waals surface area contributed by atoms with Crippen LogP contribution in [0.15, 0.2) is 195 Å². The second-order valence-electron chi connectivity index (χ2n) is 22.8. The van der Waals surface area contributed by atoms with Gasteiger partial charge in [-0.3, -0.25) is 0 Å². The third-order valence-electron chi connectivity index (χ3n) is 17.6. The van der Waals surface area contributed by atoms with Crippen molar-refractivity contribution in [3.8, 4) is 44.5 Å². The zero-order valence-electron chi connectivity index (χ0n) is 42.5. The smallest absolute Gasteiger partial charge is 0.144 e. The predicted molar refractivity (Wildman–Crippen MR) is 306 cm³/mol. The van der Waals surface area contributed by atoms with Gasteiger partial charge in [0, 0.05) is 76.8 Å². The van der Waals surface area contributed by atoms with Gasteiger partial charge in [-0.25, -0.2) is 0 Å². The Labute approximate surface area is 429 Å². The Hall–Kier alpha value is -8.60. The van der Waals surface area contributed by atoms with E-state index in [-0.39, 0.29) is 16.2 Å². The topological polar surface area (TPSA) is 42.7 Å². The van der Waals surface area contributed by atoms with Gasteiger partial charge in [0.25, 0.3) is 0 Å². The van der Waals surface area contributed by atoms with Crippen molar-refractivity contribution in [3.05, 3.63) is 221 Å². The molecule has 0 bridgehead atoms. The zero-order valence-corrected chi connectivity index (χ0v) is 42.5. The van der Waals surface area contributed by atoms with Gasteiger partial charge in [0.15, 0.2) is 0 Å². The molecule has 0 saturated carbocycles. The van der Waals surface area contributed by atoms with Crippen molar-refractivity contribution in [2.45, 2.75) is 64.7 Å². The van der Waals surface area contributed by atoms with Crippen LogP contribution >= 0.6 is 0 Å². The molecule has 0 atom stereocenters. The van der Waals surface area contributed by atoms with Gasteiger partial charge in [0.2, 0.25) is 0 Å². The van der Waals surface area contributed by atoms with Gasteiger partial charge in [-0.1, -0.05) is 162 Å². The lowest BCUT2D eigenvalue weighted by molar-refractivity contribution is 0.600. The number of benzene rings is 10. The lowest BCUT2D eigenvalue weighted by Crippen LogP contribution is -2.24. The monoisotopic (exact) mass is 953 g/mol. The average molecular weight is 954 g/mol. The molecule has 13 aromatic rings. The summed E-state index contributed by atoms with van der Waals surface area (Å²) in [5, 5.41) is 6.90. The van der Waals surface area contributed by atoms with Crippen LogP contribution in [0.4, 0.5) is 17.1 Å². The van der Waals surface area contributed by atoms with Crippen molar-refractivity contribution < 1.29 is 13.3 Å². The van der Waals surface area contributed by atoms with Crippen LogP contribution in [0.1, 0.15) is 80.5 Å². The van der Waals surface area contributed by atoms with E-state index in [0.717, 1.165) is 72.3 Å². The summed E-state index contributed by atoms with van der Waals surface area (Å²) >= 11 is 0. The first-order chi connectivity index (χ1) is 35.9. The minimum atomic E-state index is -0.372. The first-order valence-corrected chi connectivity index (χ1v) is 26.1. The summed E-state index contributed by atoms with van der Waals surface area (Å²) in [7, 11) is 0. The van der Waals surface area contributed by atoms with Crippen LogP contribution in [0.2, 0.25) is 0 Å². The van der Waals surface area contributed by atoms with Crippen molar-refractivity contribution in [2.75, 3.05) is 4.90 Å². The highest BCUT2D eigenvalue weighted by Crippen LogP contribution is 2.64. The zero-order chi connectivity index (χ0) is 49.7. The lowest BCUT2D eigenvalue weighted by Gasteiger charge is -2.32. The van der Waals surface area contributed by atoms with Crippen LogP contribution < -0.4 is 4.90 Å². The van der Waals surface area contributed by atoms with Gasteiger partial charge >= 0.3 is 0 Å².